The molecule has 2 aromatic carbocycles. The van der Waals surface area contributed by atoms with Gasteiger partial charge in [0.15, 0.2) is 4.80 Å². The van der Waals surface area contributed by atoms with E-state index in [4.69, 9.17) is 21.3 Å². The van der Waals surface area contributed by atoms with Gasteiger partial charge in [0.05, 0.1) is 27.9 Å². The molecule has 0 N–H and O–H groups in total. The highest BCUT2D eigenvalue weighted by Gasteiger charge is 2.34. The van der Waals surface area contributed by atoms with Gasteiger partial charge in [0, 0.05) is 28.1 Å². The number of carbonyl (C=O) groups is 1. The summed E-state index contributed by atoms with van der Waals surface area (Å²) in [5.41, 5.74) is 2.48. The lowest BCUT2D eigenvalue weighted by Gasteiger charge is -2.29. The molecule has 1 aromatic heterocycles. The molecule has 4 rings (SSSR count). The molecule has 0 fully saturated rings. The number of aromatic nitrogens is 1. The zero-order valence-electron chi connectivity index (χ0n) is 21.4. The fourth-order valence-corrected chi connectivity index (χ4v) is 5.91. The van der Waals surface area contributed by atoms with Crippen molar-refractivity contribution in [3.8, 4) is 5.75 Å². The van der Waals surface area contributed by atoms with E-state index in [9.17, 15) is 9.59 Å². The molecule has 0 saturated carbocycles. The maximum atomic E-state index is 13.9. The summed E-state index contributed by atoms with van der Waals surface area (Å²) in [7, 11) is 0. The van der Waals surface area contributed by atoms with Crippen molar-refractivity contribution in [1.29, 1.82) is 0 Å². The quantitative estimate of drug-likeness (QED) is 0.368. The van der Waals surface area contributed by atoms with E-state index in [1.54, 1.807) is 21.6 Å². The maximum Gasteiger partial charge on any atom is 0.271 e. The average molecular weight is 603 g/mol. The SMILES string of the molecule is CCN(CC)C(=O)C1=C(C)N=c2s/c(=C\c3cc(Br)ccc3OC(C)C)c(=O)n2[C@@H]1c1ccc(Cl)cc1. The Morgan fingerprint density at radius 1 is 1.22 bits per heavy atom. The molecule has 0 radical (unpaired) electrons. The van der Waals surface area contributed by atoms with Crippen LogP contribution in [0.2, 0.25) is 5.02 Å². The molecular weight excluding hydrogens is 574 g/mol. The number of thiazole rings is 1. The van der Waals surface area contributed by atoms with Crippen LogP contribution in [0.1, 0.15) is 51.8 Å². The van der Waals surface area contributed by atoms with E-state index in [1.165, 1.54) is 11.3 Å². The third kappa shape index (κ3) is 5.61. The molecule has 194 valence electrons. The van der Waals surface area contributed by atoms with Gasteiger partial charge >= 0.3 is 0 Å². The van der Waals surface area contributed by atoms with E-state index < -0.39 is 6.04 Å². The van der Waals surface area contributed by atoms with Crippen molar-refractivity contribution in [3.63, 3.8) is 0 Å². The third-order valence-corrected chi connectivity index (χ3v) is 7.84. The number of amides is 1. The van der Waals surface area contributed by atoms with Crippen molar-refractivity contribution in [2.75, 3.05) is 13.1 Å². The Morgan fingerprint density at radius 3 is 2.51 bits per heavy atom. The topological polar surface area (TPSA) is 63.9 Å². The molecule has 6 nitrogen and oxygen atoms in total. The molecular formula is C28H29BrClN3O3S. The normalized spacial score (nSPS) is 15.6. The number of likely N-dealkylation sites (N-methyl/N-ethyl adjacent to an activating group) is 1. The standard InChI is InChI=1S/C28H29BrClN3O3S/c1-6-32(7-2)27(35)24-17(5)31-28-33(25(24)18-8-11-21(30)12-9-18)26(34)23(37-28)15-19-14-20(29)10-13-22(19)36-16(3)4/h8-16,25H,6-7H2,1-5H3/b23-15-/t25-/m1/s1. The molecule has 0 saturated heterocycles. The highest BCUT2D eigenvalue weighted by molar-refractivity contribution is 9.10. The lowest BCUT2D eigenvalue weighted by Crippen LogP contribution is -2.43. The molecule has 37 heavy (non-hydrogen) atoms. The molecule has 1 aliphatic heterocycles. The van der Waals surface area contributed by atoms with Crippen molar-refractivity contribution in [1.82, 2.24) is 9.47 Å². The average Bonchev–Trinajstić information content (AvgIpc) is 3.15. The monoisotopic (exact) mass is 601 g/mol. The highest BCUT2D eigenvalue weighted by Crippen LogP contribution is 2.32. The molecule has 0 aliphatic carbocycles. The van der Waals surface area contributed by atoms with Crippen molar-refractivity contribution in [2.45, 2.75) is 46.8 Å². The second-order valence-corrected chi connectivity index (χ2v) is 11.3. The predicted molar refractivity (Wildman–Crippen MR) is 153 cm³/mol. The van der Waals surface area contributed by atoms with Gasteiger partial charge in [-0.05, 0) is 76.6 Å². The summed E-state index contributed by atoms with van der Waals surface area (Å²) in [6, 6.07) is 12.4. The van der Waals surface area contributed by atoms with E-state index in [0.717, 1.165) is 15.6 Å². The second-order valence-electron chi connectivity index (χ2n) is 8.96. The van der Waals surface area contributed by atoms with Gasteiger partial charge < -0.3 is 9.64 Å². The van der Waals surface area contributed by atoms with E-state index in [0.29, 0.717) is 44.5 Å². The van der Waals surface area contributed by atoms with Gasteiger partial charge in [-0.2, -0.15) is 0 Å². The first-order valence-corrected chi connectivity index (χ1v) is 14.2. The lowest BCUT2D eigenvalue weighted by molar-refractivity contribution is -0.127. The number of benzene rings is 2. The highest BCUT2D eigenvalue weighted by atomic mass is 79.9. The molecule has 9 heteroatoms. The minimum absolute atomic E-state index is 0.0178. The van der Waals surface area contributed by atoms with Crippen molar-refractivity contribution in [2.24, 2.45) is 4.99 Å². The predicted octanol–water partition coefficient (Wildman–Crippen LogP) is 5.31. The largest absolute Gasteiger partial charge is 0.490 e. The number of nitrogens with zero attached hydrogens (tertiary/aromatic N) is 3. The van der Waals surface area contributed by atoms with Crippen LogP contribution in [0, 0.1) is 0 Å². The Labute approximate surface area is 233 Å². The number of halogens is 2. The first kappa shape index (κ1) is 27.4. The minimum atomic E-state index is -0.613. The molecule has 0 spiro atoms. The van der Waals surface area contributed by atoms with Crippen LogP contribution < -0.4 is 19.6 Å². The van der Waals surface area contributed by atoms with Gasteiger partial charge in [0.25, 0.3) is 11.5 Å². The number of hydrogen-bond donors (Lipinski definition) is 0. The fraction of sp³-hybridized carbons (Fsp3) is 0.321. The molecule has 2 heterocycles. The Kier molecular flexibility index (Phi) is 8.41. The molecule has 3 aromatic rings. The van der Waals surface area contributed by atoms with E-state index in [1.807, 2.05) is 71.0 Å². The zero-order valence-corrected chi connectivity index (χ0v) is 24.6. The minimum Gasteiger partial charge on any atom is -0.490 e. The summed E-state index contributed by atoms with van der Waals surface area (Å²) >= 11 is 11.0. The van der Waals surface area contributed by atoms with Crippen LogP contribution in [0.4, 0.5) is 0 Å². The van der Waals surface area contributed by atoms with Crippen LogP contribution in [0.15, 0.2) is 68.0 Å². The first-order valence-electron chi connectivity index (χ1n) is 12.2. The number of fused-ring (bicyclic) bond motifs is 1. The first-order chi connectivity index (χ1) is 17.6. The Bertz CT molecular complexity index is 1540. The molecule has 1 aliphatic rings. The van der Waals surface area contributed by atoms with Crippen LogP contribution in [0.3, 0.4) is 0 Å². The van der Waals surface area contributed by atoms with E-state index >= 15 is 0 Å². The van der Waals surface area contributed by atoms with Crippen LogP contribution in [-0.4, -0.2) is 34.6 Å². The smallest absolute Gasteiger partial charge is 0.271 e. The van der Waals surface area contributed by atoms with Gasteiger partial charge in [-0.25, -0.2) is 4.99 Å². The second kappa shape index (κ2) is 11.4. The molecule has 1 amide bonds. The number of allylic oxidation sites excluding steroid dienone is 1. The van der Waals surface area contributed by atoms with Gasteiger partial charge in [-0.15, -0.1) is 0 Å². The van der Waals surface area contributed by atoms with Crippen molar-refractivity contribution in [3.05, 3.63) is 94.0 Å². The van der Waals surface area contributed by atoms with Gasteiger partial charge in [-0.3, -0.25) is 14.2 Å². The van der Waals surface area contributed by atoms with Crippen molar-refractivity contribution >= 4 is 50.9 Å². The van der Waals surface area contributed by atoms with Gasteiger partial charge in [0.1, 0.15) is 5.75 Å². The molecule has 0 unspecified atom stereocenters. The fourth-order valence-electron chi connectivity index (χ4n) is 4.37. The Morgan fingerprint density at radius 2 is 1.89 bits per heavy atom. The van der Waals surface area contributed by atoms with Crippen LogP contribution in [-0.2, 0) is 4.79 Å². The van der Waals surface area contributed by atoms with Crippen LogP contribution in [0.25, 0.3) is 6.08 Å². The maximum absolute atomic E-state index is 13.9. The summed E-state index contributed by atoms with van der Waals surface area (Å²) in [5, 5.41) is 0.584. The third-order valence-electron chi connectivity index (χ3n) is 6.11. The van der Waals surface area contributed by atoms with Crippen LogP contribution >= 0.6 is 38.9 Å². The summed E-state index contributed by atoms with van der Waals surface area (Å²) in [6.45, 7) is 10.8. The molecule has 1 atom stereocenters. The number of hydrogen-bond acceptors (Lipinski definition) is 5. The van der Waals surface area contributed by atoms with Gasteiger partial charge in [0.2, 0.25) is 0 Å². The lowest BCUT2D eigenvalue weighted by atomic mass is 9.94. The van der Waals surface area contributed by atoms with Crippen LogP contribution in [0.5, 0.6) is 5.75 Å². The summed E-state index contributed by atoms with van der Waals surface area (Å²) in [6.07, 6.45) is 1.81. The molecule has 0 bridgehead atoms. The number of carbonyl (C=O) groups excluding carboxylic acids is 1. The Balaban J connectivity index is 1.96. The number of ether oxygens (including phenoxy) is 1. The summed E-state index contributed by atoms with van der Waals surface area (Å²) < 4.78 is 9.00. The van der Waals surface area contributed by atoms with E-state index in [-0.39, 0.29) is 17.6 Å². The zero-order chi connectivity index (χ0) is 26.9. The Hall–Kier alpha value is -2.68. The van der Waals surface area contributed by atoms with Gasteiger partial charge in [-0.1, -0.05) is 51.0 Å². The summed E-state index contributed by atoms with van der Waals surface area (Å²) in [4.78, 5) is 34.6. The number of rotatable bonds is 7. The summed E-state index contributed by atoms with van der Waals surface area (Å²) in [5.74, 6) is 0.562. The van der Waals surface area contributed by atoms with E-state index in [2.05, 4.69) is 15.9 Å². The van der Waals surface area contributed by atoms with Crippen molar-refractivity contribution < 1.29 is 9.53 Å².